The molecule has 0 aromatic carbocycles. The molecule has 0 aliphatic carbocycles. The minimum Gasteiger partial charge on any atom is -0.396 e. The van der Waals surface area contributed by atoms with Crippen molar-refractivity contribution in [2.24, 2.45) is 5.73 Å². The second kappa shape index (κ2) is 4.37. The lowest BCUT2D eigenvalue weighted by Gasteiger charge is -1.98. The van der Waals surface area contributed by atoms with Crippen molar-refractivity contribution in [1.82, 2.24) is 14.6 Å². The lowest BCUT2D eigenvalue weighted by Crippen LogP contribution is -2.04. The predicted octanol–water partition coefficient (Wildman–Crippen LogP) is 0.113. The van der Waals surface area contributed by atoms with Gasteiger partial charge in [0.05, 0.1) is 5.69 Å². The van der Waals surface area contributed by atoms with Crippen LogP contribution in [0.2, 0.25) is 0 Å². The van der Waals surface area contributed by atoms with Gasteiger partial charge in [-0.05, 0) is 18.6 Å². The maximum atomic E-state index is 8.72. The van der Waals surface area contributed by atoms with Crippen LogP contribution in [0.5, 0.6) is 0 Å². The molecular weight excluding hydrogens is 192 g/mol. The Hall–Kier alpha value is -1.46. The average Bonchev–Trinajstić information content (AvgIpc) is 2.68. The van der Waals surface area contributed by atoms with E-state index in [0.717, 1.165) is 17.2 Å². The van der Waals surface area contributed by atoms with Gasteiger partial charge >= 0.3 is 0 Å². The summed E-state index contributed by atoms with van der Waals surface area (Å²) in [7, 11) is 0. The number of hydrogen-bond acceptors (Lipinski definition) is 4. The maximum Gasteiger partial charge on any atom is 0.155 e. The highest BCUT2D eigenvalue weighted by Gasteiger charge is 2.05. The summed E-state index contributed by atoms with van der Waals surface area (Å²) in [5.74, 6) is 0.755. The molecule has 0 aliphatic rings. The molecule has 0 bridgehead atoms. The minimum absolute atomic E-state index is 0.166. The Morgan fingerprint density at radius 2 is 2.27 bits per heavy atom. The lowest BCUT2D eigenvalue weighted by molar-refractivity contribution is 0.287. The van der Waals surface area contributed by atoms with Crippen LogP contribution in [0.4, 0.5) is 0 Å². The largest absolute Gasteiger partial charge is 0.396 e. The number of rotatable bonds is 4. The molecule has 0 aliphatic heterocycles. The van der Waals surface area contributed by atoms with Crippen molar-refractivity contribution < 1.29 is 5.11 Å². The van der Waals surface area contributed by atoms with Crippen molar-refractivity contribution in [3.63, 3.8) is 0 Å². The molecule has 0 spiro atoms. The van der Waals surface area contributed by atoms with Crippen LogP contribution in [0.15, 0.2) is 18.2 Å². The van der Waals surface area contributed by atoms with Gasteiger partial charge in [-0.1, -0.05) is 6.07 Å². The van der Waals surface area contributed by atoms with Gasteiger partial charge in [-0.15, -0.1) is 0 Å². The summed E-state index contributed by atoms with van der Waals surface area (Å²) < 4.78 is 1.76. The maximum absolute atomic E-state index is 8.72. The van der Waals surface area contributed by atoms with Crippen molar-refractivity contribution in [2.75, 3.05) is 6.61 Å². The third kappa shape index (κ3) is 1.98. The third-order valence-corrected chi connectivity index (χ3v) is 2.25. The SMILES string of the molecule is NCc1cccc2nc(CCCO)nn12. The minimum atomic E-state index is 0.166. The first-order valence-corrected chi connectivity index (χ1v) is 4.99. The number of aryl methyl sites for hydroxylation is 1. The fourth-order valence-electron chi connectivity index (χ4n) is 1.50. The fourth-order valence-corrected chi connectivity index (χ4v) is 1.50. The normalized spacial score (nSPS) is 11.1. The van der Waals surface area contributed by atoms with Crippen molar-refractivity contribution >= 4 is 5.65 Å². The Bertz CT molecular complexity index is 452. The van der Waals surface area contributed by atoms with Gasteiger partial charge in [0, 0.05) is 19.6 Å². The lowest BCUT2D eigenvalue weighted by atomic mass is 10.3. The van der Waals surface area contributed by atoms with Crippen LogP contribution < -0.4 is 5.73 Å². The van der Waals surface area contributed by atoms with E-state index in [1.807, 2.05) is 18.2 Å². The van der Waals surface area contributed by atoms with Crippen LogP contribution in [-0.4, -0.2) is 26.3 Å². The molecule has 5 heteroatoms. The molecule has 80 valence electrons. The van der Waals surface area contributed by atoms with Crippen molar-refractivity contribution in [3.8, 4) is 0 Å². The highest BCUT2D eigenvalue weighted by atomic mass is 16.2. The summed E-state index contributed by atoms with van der Waals surface area (Å²) in [6.45, 7) is 0.611. The summed E-state index contributed by atoms with van der Waals surface area (Å²) in [5, 5.41) is 13.1. The fraction of sp³-hybridized carbons (Fsp3) is 0.400. The third-order valence-electron chi connectivity index (χ3n) is 2.25. The molecule has 0 amide bonds. The van der Waals surface area contributed by atoms with Gasteiger partial charge in [0.25, 0.3) is 0 Å². The Morgan fingerprint density at radius 3 is 3.00 bits per heavy atom. The van der Waals surface area contributed by atoms with Crippen molar-refractivity contribution in [3.05, 3.63) is 29.7 Å². The van der Waals surface area contributed by atoms with Gasteiger partial charge in [0.2, 0.25) is 0 Å². The zero-order chi connectivity index (χ0) is 10.7. The molecule has 0 fully saturated rings. The number of aliphatic hydroxyl groups excluding tert-OH is 1. The zero-order valence-electron chi connectivity index (χ0n) is 8.43. The monoisotopic (exact) mass is 206 g/mol. The molecule has 5 nitrogen and oxygen atoms in total. The van der Waals surface area contributed by atoms with Gasteiger partial charge in [0.15, 0.2) is 11.5 Å². The molecule has 0 atom stereocenters. The Kier molecular flexibility index (Phi) is 2.94. The Labute approximate surface area is 87.6 Å². The first-order chi connectivity index (χ1) is 7.35. The highest BCUT2D eigenvalue weighted by Crippen LogP contribution is 2.06. The summed E-state index contributed by atoms with van der Waals surface area (Å²) in [6, 6.07) is 5.74. The molecule has 0 saturated heterocycles. The molecular formula is C10H14N4O. The number of aliphatic hydroxyl groups is 1. The van der Waals surface area contributed by atoms with E-state index in [9.17, 15) is 0 Å². The number of aromatic nitrogens is 3. The number of fused-ring (bicyclic) bond motifs is 1. The van der Waals surface area contributed by atoms with Gasteiger partial charge in [-0.25, -0.2) is 9.50 Å². The van der Waals surface area contributed by atoms with Crippen LogP contribution in [0.25, 0.3) is 5.65 Å². The van der Waals surface area contributed by atoms with Gasteiger partial charge in [-0.2, -0.15) is 5.10 Å². The molecule has 0 saturated carbocycles. The van der Waals surface area contributed by atoms with Crippen LogP contribution in [-0.2, 0) is 13.0 Å². The number of hydrogen-bond donors (Lipinski definition) is 2. The average molecular weight is 206 g/mol. The van der Waals surface area contributed by atoms with Crippen LogP contribution in [0.3, 0.4) is 0 Å². The Balaban J connectivity index is 2.37. The molecule has 2 heterocycles. The summed E-state index contributed by atoms with van der Waals surface area (Å²) in [5.41, 5.74) is 7.35. The van der Waals surface area contributed by atoms with Gasteiger partial charge in [-0.3, -0.25) is 0 Å². The summed E-state index contributed by atoms with van der Waals surface area (Å²) in [6.07, 6.45) is 1.39. The number of nitrogens with zero attached hydrogens (tertiary/aromatic N) is 3. The molecule has 2 rings (SSSR count). The number of pyridine rings is 1. The van der Waals surface area contributed by atoms with Gasteiger partial charge < -0.3 is 10.8 Å². The molecule has 15 heavy (non-hydrogen) atoms. The predicted molar refractivity (Wildman–Crippen MR) is 56.3 cm³/mol. The van der Waals surface area contributed by atoms with Crippen LogP contribution in [0.1, 0.15) is 17.9 Å². The molecule has 2 aromatic rings. The molecule has 0 unspecified atom stereocenters. The first-order valence-electron chi connectivity index (χ1n) is 4.99. The van der Waals surface area contributed by atoms with Crippen LogP contribution in [0, 0.1) is 0 Å². The molecule has 0 radical (unpaired) electrons. The topological polar surface area (TPSA) is 76.4 Å². The van der Waals surface area contributed by atoms with E-state index in [1.165, 1.54) is 0 Å². The van der Waals surface area contributed by atoms with E-state index in [2.05, 4.69) is 10.1 Å². The van der Waals surface area contributed by atoms with E-state index >= 15 is 0 Å². The van der Waals surface area contributed by atoms with Crippen molar-refractivity contribution in [2.45, 2.75) is 19.4 Å². The summed E-state index contributed by atoms with van der Waals surface area (Å²) >= 11 is 0. The number of nitrogens with two attached hydrogens (primary N) is 1. The van der Waals surface area contributed by atoms with E-state index in [0.29, 0.717) is 19.4 Å². The highest BCUT2D eigenvalue weighted by molar-refractivity contribution is 5.38. The Morgan fingerprint density at radius 1 is 1.40 bits per heavy atom. The zero-order valence-corrected chi connectivity index (χ0v) is 8.43. The van der Waals surface area contributed by atoms with E-state index in [-0.39, 0.29) is 6.61 Å². The quantitative estimate of drug-likeness (QED) is 0.744. The van der Waals surface area contributed by atoms with E-state index in [4.69, 9.17) is 10.8 Å². The van der Waals surface area contributed by atoms with E-state index < -0.39 is 0 Å². The second-order valence-electron chi connectivity index (χ2n) is 3.35. The molecule has 3 N–H and O–H groups in total. The summed E-state index contributed by atoms with van der Waals surface area (Å²) in [4.78, 5) is 4.34. The second-order valence-corrected chi connectivity index (χ2v) is 3.35. The van der Waals surface area contributed by atoms with Crippen molar-refractivity contribution in [1.29, 1.82) is 0 Å². The standard InChI is InChI=1S/C10H14N4O/c11-7-8-3-1-5-10-12-9(4-2-6-15)13-14(8)10/h1,3,5,15H,2,4,6-7,11H2. The van der Waals surface area contributed by atoms with Crippen LogP contribution >= 0.6 is 0 Å². The van der Waals surface area contributed by atoms with Gasteiger partial charge in [0.1, 0.15) is 0 Å². The first kappa shape index (κ1) is 10.1. The molecule has 2 aromatic heterocycles. The smallest absolute Gasteiger partial charge is 0.155 e. The van der Waals surface area contributed by atoms with E-state index in [1.54, 1.807) is 4.52 Å².